The second-order valence-electron chi connectivity index (χ2n) is 9.60. The molecule has 0 saturated heterocycles. The highest BCUT2D eigenvalue weighted by atomic mass is 35.5. The molecule has 5 rings (SSSR count). The molecule has 1 unspecified atom stereocenters. The number of rotatable bonds is 7. The number of aromatic nitrogens is 2. The molecule has 10 heteroatoms. The van der Waals surface area contributed by atoms with Crippen molar-refractivity contribution in [3.05, 3.63) is 82.4 Å². The van der Waals surface area contributed by atoms with Crippen LogP contribution >= 0.6 is 11.6 Å². The molecule has 1 saturated carbocycles. The first-order valence-corrected chi connectivity index (χ1v) is 13.0. The molecule has 1 heterocycles. The predicted molar refractivity (Wildman–Crippen MR) is 139 cm³/mol. The van der Waals surface area contributed by atoms with Gasteiger partial charge in [0.25, 0.3) is 0 Å². The molecule has 1 aromatic heterocycles. The minimum Gasteiger partial charge on any atom is -0.485 e. The third kappa shape index (κ3) is 5.45. The Morgan fingerprint density at radius 3 is 2.26 bits per heavy atom. The minimum absolute atomic E-state index is 0.00998. The van der Waals surface area contributed by atoms with E-state index in [4.69, 9.17) is 16.3 Å². The number of carbonyl (C=O) groups excluding carboxylic acids is 1. The Balaban J connectivity index is 1.62. The normalized spacial score (nSPS) is 14.9. The molecule has 0 N–H and O–H groups in total. The van der Waals surface area contributed by atoms with Gasteiger partial charge in [0.05, 0.1) is 29.7 Å². The summed E-state index contributed by atoms with van der Waals surface area (Å²) in [6, 6.07) is 10.2. The van der Waals surface area contributed by atoms with Crippen LogP contribution in [-0.4, -0.2) is 29.2 Å². The fourth-order valence-electron chi connectivity index (χ4n) is 5.27. The number of nitrogens with zero attached hydrogens (tertiary/aromatic N) is 2. The molecule has 204 valence electrons. The smallest absolute Gasteiger partial charge is 0.338 e. The number of imidazole rings is 1. The Bertz CT molecular complexity index is 1490. The van der Waals surface area contributed by atoms with Crippen molar-refractivity contribution in [3.63, 3.8) is 0 Å². The summed E-state index contributed by atoms with van der Waals surface area (Å²) >= 11 is 6.08. The first-order valence-electron chi connectivity index (χ1n) is 12.6. The average Bonchev–Trinajstić information content (AvgIpc) is 3.28. The summed E-state index contributed by atoms with van der Waals surface area (Å²) in [6.45, 7) is -0.179. The first-order chi connectivity index (χ1) is 18.8. The van der Waals surface area contributed by atoms with Gasteiger partial charge >= 0.3 is 5.97 Å². The molecule has 0 radical (unpaired) electrons. The van der Waals surface area contributed by atoms with Gasteiger partial charge in [0.2, 0.25) is 0 Å². The number of carbonyl (C=O) groups is 1. The number of fused-ring (bicyclic) bond motifs is 1. The van der Waals surface area contributed by atoms with Crippen LogP contribution in [0.25, 0.3) is 22.4 Å². The molecule has 1 aliphatic rings. The van der Waals surface area contributed by atoms with Crippen LogP contribution in [0.3, 0.4) is 0 Å². The third-order valence-electron chi connectivity index (χ3n) is 7.18. The molecule has 0 spiro atoms. The summed E-state index contributed by atoms with van der Waals surface area (Å²) in [6.07, 6.45) is 4.57. The van der Waals surface area contributed by atoms with Crippen LogP contribution in [0.4, 0.5) is 17.6 Å². The van der Waals surface area contributed by atoms with E-state index in [1.807, 2.05) is 0 Å². The van der Waals surface area contributed by atoms with Crippen molar-refractivity contribution >= 4 is 28.6 Å². The number of ether oxygens (including phenoxy) is 2. The maximum absolute atomic E-state index is 14.9. The van der Waals surface area contributed by atoms with Crippen molar-refractivity contribution in [1.29, 1.82) is 0 Å². The zero-order chi connectivity index (χ0) is 27.7. The van der Waals surface area contributed by atoms with Gasteiger partial charge in [0, 0.05) is 22.7 Å². The van der Waals surface area contributed by atoms with E-state index in [0.29, 0.717) is 21.9 Å². The van der Waals surface area contributed by atoms with E-state index in [9.17, 15) is 22.4 Å². The summed E-state index contributed by atoms with van der Waals surface area (Å²) in [5.74, 6) is -5.27. The fourth-order valence-corrected chi connectivity index (χ4v) is 5.40. The molecule has 0 aliphatic heterocycles. The Kier molecular flexibility index (Phi) is 7.79. The van der Waals surface area contributed by atoms with E-state index in [-0.39, 0.29) is 23.6 Å². The standard InChI is InChI=1S/C29H25ClF4N2O3/c1-38-29(37)18-11-22(33)27(23(34)12-18)39-15-26(16-5-3-2-4-6-16)36-25-14-21(32)20(31)13-24(25)35-28(36)17-7-9-19(30)10-8-17/h7-14,16,26H,2-6,15H2,1H3. The van der Waals surface area contributed by atoms with E-state index in [0.717, 1.165) is 63.5 Å². The molecular formula is C29H25ClF4N2O3. The van der Waals surface area contributed by atoms with Crippen molar-refractivity contribution in [3.8, 4) is 17.1 Å². The Morgan fingerprint density at radius 1 is 0.974 bits per heavy atom. The lowest BCUT2D eigenvalue weighted by atomic mass is 9.83. The molecule has 39 heavy (non-hydrogen) atoms. The zero-order valence-electron chi connectivity index (χ0n) is 21.0. The lowest BCUT2D eigenvalue weighted by molar-refractivity contribution is 0.0599. The number of methoxy groups -OCH3 is 1. The van der Waals surface area contributed by atoms with Gasteiger partial charge in [-0.3, -0.25) is 0 Å². The molecule has 1 fully saturated rings. The molecule has 5 nitrogen and oxygen atoms in total. The lowest BCUT2D eigenvalue weighted by Crippen LogP contribution is -2.28. The summed E-state index contributed by atoms with van der Waals surface area (Å²) in [5.41, 5.74) is 0.934. The van der Waals surface area contributed by atoms with E-state index in [1.54, 1.807) is 28.8 Å². The minimum atomic E-state index is -1.06. The maximum atomic E-state index is 14.9. The Hall–Kier alpha value is -3.59. The number of benzene rings is 3. The number of hydrogen-bond acceptors (Lipinski definition) is 4. The van der Waals surface area contributed by atoms with Gasteiger partial charge in [-0.2, -0.15) is 0 Å². The van der Waals surface area contributed by atoms with Gasteiger partial charge in [0.15, 0.2) is 29.0 Å². The molecule has 0 amide bonds. The van der Waals surface area contributed by atoms with Crippen LogP contribution in [-0.2, 0) is 4.74 Å². The van der Waals surface area contributed by atoms with Crippen LogP contribution in [0.2, 0.25) is 5.02 Å². The van der Waals surface area contributed by atoms with Crippen LogP contribution in [0.1, 0.15) is 48.5 Å². The SMILES string of the molecule is COC(=O)c1cc(F)c(OCC(C2CCCCC2)n2c(-c3ccc(Cl)cc3)nc3cc(F)c(F)cc32)c(F)c1. The van der Waals surface area contributed by atoms with Crippen LogP contribution in [0.5, 0.6) is 5.75 Å². The van der Waals surface area contributed by atoms with Gasteiger partial charge in [-0.25, -0.2) is 27.3 Å². The van der Waals surface area contributed by atoms with Crippen molar-refractivity contribution < 1.29 is 31.8 Å². The molecule has 1 aliphatic carbocycles. The van der Waals surface area contributed by atoms with Crippen molar-refractivity contribution in [2.45, 2.75) is 38.1 Å². The van der Waals surface area contributed by atoms with Crippen molar-refractivity contribution in [1.82, 2.24) is 9.55 Å². The average molecular weight is 561 g/mol. The van der Waals surface area contributed by atoms with E-state index >= 15 is 0 Å². The second kappa shape index (κ2) is 11.3. The highest BCUT2D eigenvalue weighted by Gasteiger charge is 2.31. The summed E-state index contributed by atoms with van der Waals surface area (Å²) in [5, 5.41) is 0.506. The van der Waals surface area contributed by atoms with Crippen LogP contribution in [0.15, 0.2) is 48.5 Å². The molecule has 3 aromatic carbocycles. The van der Waals surface area contributed by atoms with Gasteiger partial charge in [-0.1, -0.05) is 30.9 Å². The third-order valence-corrected chi connectivity index (χ3v) is 7.43. The monoisotopic (exact) mass is 560 g/mol. The van der Waals surface area contributed by atoms with Gasteiger partial charge in [-0.05, 0) is 55.2 Å². The molecular weight excluding hydrogens is 536 g/mol. The summed E-state index contributed by atoms with van der Waals surface area (Å²) < 4.78 is 70.5. The zero-order valence-corrected chi connectivity index (χ0v) is 21.8. The Morgan fingerprint density at radius 2 is 1.62 bits per heavy atom. The van der Waals surface area contributed by atoms with E-state index < -0.39 is 41.0 Å². The van der Waals surface area contributed by atoms with Gasteiger partial charge in [-0.15, -0.1) is 0 Å². The van der Waals surface area contributed by atoms with Gasteiger partial charge in [0.1, 0.15) is 12.4 Å². The molecule has 4 aromatic rings. The van der Waals surface area contributed by atoms with Crippen LogP contribution < -0.4 is 4.74 Å². The highest BCUT2D eigenvalue weighted by Crippen LogP contribution is 2.39. The van der Waals surface area contributed by atoms with Crippen molar-refractivity contribution in [2.75, 3.05) is 13.7 Å². The molecule has 1 atom stereocenters. The number of esters is 1. The van der Waals surface area contributed by atoms with E-state index in [1.165, 1.54) is 0 Å². The van der Waals surface area contributed by atoms with Crippen LogP contribution in [0, 0.1) is 29.2 Å². The summed E-state index contributed by atoms with van der Waals surface area (Å²) in [4.78, 5) is 16.4. The highest BCUT2D eigenvalue weighted by molar-refractivity contribution is 6.30. The topological polar surface area (TPSA) is 53.4 Å². The van der Waals surface area contributed by atoms with Crippen molar-refractivity contribution in [2.24, 2.45) is 5.92 Å². The van der Waals surface area contributed by atoms with Gasteiger partial charge < -0.3 is 14.0 Å². The number of halogens is 5. The second-order valence-corrected chi connectivity index (χ2v) is 10.0. The largest absolute Gasteiger partial charge is 0.485 e. The quantitative estimate of drug-likeness (QED) is 0.170. The van der Waals surface area contributed by atoms with E-state index in [2.05, 4.69) is 9.72 Å². The molecule has 0 bridgehead atoms. The fraction of sp³-hybridized carbons (Fsp3) is 0.310. The summed E-state index contributed by atoms with van der Waals surface area (Å²) in [7, 11) is 1.11. The predicted octanol–water partition coefficient (Wildman–Crippen LogP) is 7.90. The maximum Gasteiger partial charge on any atom is 0.338 e. The Labute approximate surface area is 227 Å². The first kappa shape index (κ1) is 27.0. The number of hydrogen-bond donors (Lipinski definition) is 0. The lowest BCUT2D eigenvalue weighted by Gasteiger charge is -2.32.